The molecule has 0 radical (unpaired) electrons. The average molecular weight is 449 g/mol. The lowest BCUT2D eigenvalue weighted by Gasteiger charge is -2.16. The number of ether oxygens (including phenoxy) is 1. The fourth-order valence-electron chi connectivity index (χ4n) is 2.58. The minimum absolute atomic E-state index is 0.0518. The Morgan fingerprint density at radius 2 is 1.96 bits per heavy atom. The van der Waals surface area contributed by atoms with Gasteiger partial charge in [-0.05, 0) is 42.0 Å². The zero-order valence-corrected chi connectivity index (χ0v) is 17.4. The molecule has 0 saturated heterocycles. The van der Waals surface area contributed by atoms with Crippen LogP contribution in [0.1, 0.15) is 21.6 Å². The molecular weight excluding hydrogens is 430 g/mol. The minimum Gasteiger partial charge on any atom is -0.487 e. The molecule has 3 rings (SSSR count). The van der Waals surface area contributed by atoms with Crippen LogP contribution in [0, 0.1) is 0 Å². The van der Waals surface area contributed by atoms with Crippen molar-refractivity contribution in [2.45, 2.75) is 13.2 Å². The number of carbonyl (C=O) groups is 1. The van der Waals surface area contributed by atoms with Crippen molar-refractivity contribution in [3.8, 4) is 5.75 Å². The molecular formula is C20H19BrClN3O2. The van der Waals surface area contributed by atoms with Crippen LogP contribution < -0.4 is 4.74 Å². The molecule has 0 fully saturated rings. The summed E-state index contributed by atoms with van der Waals surface area (Å²) >= 11 is 9.52. The Morgan fingerprint density at radius 1 is 1.22 bits per heavy atom. The lowest BCUT2D eigenvalue weighted by atomic mass is 10.1. The molecule has 1 amide bonds. The SMILES string of the molecule is CN(Cc1ccn(C)n1)C(=O)c1ccc(COc2ccc(Br)cc2Cl)cc1. The Kier molecular flexibility index (Phi) is 6.19. The van der Waals surface area contributed by atoms with E-state index in [1.54, 1.807) is 34.8 Å². The van der Waals surface area contributed by atoms with E-state index < -0.39 is 0 Å². The monoisotopic (exact) mass is 447 g/mol. The number of rotatable bonds is 6. The minimum atomic E-state index is -0.0518. The van der Waals surface area contributed by atoms with Crippen molar-refractivity contribution >= 4 is 33.4 Å². The summed E-state index contributed by atoms with van der Waals surface area (Å²) < 4.78 is 8.37. The summed E-state index contributed by atoms with van der Waals surface area (Å²) in [5.41, 5.74) is 2.43. The smallest absolute Gasteiger partial charge is 0.253 e. The van der Waals surface area contributed by atoms with Crippen LogP contribution in [0.5, 0.6) is 5.75 Å². The maximum atomic E-state index is 12.6. The molecule has 1 heterocycles. The molecule has 0 atom stereocenters. The van der Waals surface area contributed by atoms with Crippen molar-refractivity contribution in [2.75, 3.05) is 7.05 Å². The van der Waals surface area contributed by atoms with Crippen molar-refractivity contribution in [3.63, 3.8) is 0 Å². The number of hydrogen-bond acceptors (Lipinski definition) is 3. The maximum Gasteiger partial charge on any atom is 0.253 e. The van der Waals surface area contributed by atoms with Crippen molar-refractivity contribution in [2.24, 2.45) is 7.05 Å². The van der Waals surface area contributed by atoms with Gasteiger partial charge in [0.25, 0.3) is 5.91 Å². The summed E-state index contributed by atoms with van der Waals surface area (Å²) in [4.78, 5) is 14.2. The number of aryl methyl sites for hydroxylation is 1. The first-order chi connectivity index (χ1) is 12.9. The highest BCUT2D eigenvalue weighted by atomic mass is 79.9. The van der Waals surface area contributed by atoms with Gasteiger partial charge in [0, 0.05) is 30.3 Å². The number of aromatic nitrogens is 2. The summed E-state index contributed by atoms with van der Waals surface area (Å²) in [7, 11) is 3.62. The molecule has 0 aliphatic rings. The largest absolute Gasteiger partial charge is 0.487 e. The van der Waals surface area contributed by atoms with Crippen LogP contribution in [0.4, 0.5) is 0 Å². The third kappa shape index (κ3) is 5.11. The lowest BCUT2D eigenvalue weighted by Crippen LogP contribution is -2.26. The topological polar surface area (TPSA) is 47.4 Å². The van der Waals surface area contributed by atoms with Crippen LogP contribution in [-0.2, 0) is 20.2 Å². The fourth-order valence-corrected chi connectivity index (χ4v) is 3.31. The Bertz CT molecular complexity index is 941. The van der Waals surface area contributed by atoms with Gasteiger partial charge >= 0.3 is 0 Å². The van der Waals surface area contributed by atoms with Gasteiger partial charge in [-0.1, -0.05) is 39.7 Å². The second-order valence-electron chi connectivity index (χ2n) is 6.20. The molecule has 0 aliphatic carbocycles. The Balaban J connectivity index is 1.59. The van der Waals surface area contributed by atoms with Crippen LogP contribution in [0.25, 0.3) is 0 Å². The fraction of sp³-hybridized carbons (Fsp3) is 0.200. The predicted octanol–water partition coefficient (Wildman–Crippen LogP) is 4.69. The number of carbonyl (C=O) groups excluding carboxylic acids is 1. The first kappa shape index (κ1) is 19.5. The van der Waals surface area contributed by atoms with Crippen molar-refractivity contribution < 1.29 is 9.53 Å². The van der Waals surface area contributed by atoms with Crippen LogP contribution in [-0.4, -0.2) is 27.6 Å². The molecule has 3 aromatic rings. The number of benzene rings is 2. The second-order valence-corrected chi connectivity index (χ2v) is 7.53. The quantitative estimate of drug-likeness (QED) is 0.550. The summed E-state index contributed by atoms with van der Waals surface area (Å²) in [6.07, 6.45) is 1.86. The van der Waals surface area contributed by atoms with Gasteiger partial charge in [-0.3, -0.25) is 9.48 Å². The van der Waals surface area contributed by atoms with Gasteiger partial charge in [0.05, 0.1) is 17.3 Å². The summed E-state index contributed by atoms with van der Waals surface area (Å²) in [5.74, 6) is 0.569. The Morgan fingerprint density at radius 3 is 2.59 bits per heavy atom. The molecule has 7 heteroatoms. The molecule has 0 saturated carbocycles. The molecule has 27 heavy (non-hydrogen) atoms. The summed E-state index contributed by atoms with van der Waals surface area (Å²) in [5, 5.41) is 4.85. The van der Waals surface area contributed by atoms with Gasteiger partial charge in [0.15, 0.2) is 0 Å². The van der Waals surface area contributed by atoms with Crippen molar-refractivity contribution in [1.29, 1.82) is 0 Å². The number of amides is 1. The van der Waals surface area contributed by atoms with Gasteiger partial charge < -0.3 is 9.64 Å². The van der Waals surface area contributed by atoms with Crippen LogP contribution in [0.3, 0.4) is 0 Å². The van der Waals surface area contributed by atoms with E-state index in [-0.39, 0.29) is 5.91 Å². The average Bonchev–Trinajstić information content (AvgIpc) is 3.05. The van der Waals surface area contributed by atoms with Gasteiger partial charge in [-0.25, -0.2) is 0 Å². The van der Waals surface area contributed by atoms with Gasteiger partial charge in [-0.15, -0.1) is 0 Å². The lowest BCUT2D eigenvalue weighted by molar-refractivity contribution is 0.0783. The third-order valence-corrected chi connectivity index (χ3v) is 4.79. The number of nitrogens with zero attached hydrogens (tertiary/aromatic N) is 3. The molecule has 5 nitrogen and oxygen atoms in total. The molecule has 0 spiro atoms. The van der Waals surface area contributed by atoms with Crippen LogP contribution >= 0.6 is 27.5 Å². The van der Waals surface area contributed by atoms with E-state index >= 15 is 0 Å². The van der Waals surface area contributed by atoms with E-state index in [1.165, 1.54) is 0 Å². The Hall–Kier alpha value is -2.31. The first-order valence-electron chi connectivity index (χ1n) is 8.33. The molecule has 0 aliphatic heterocycles. The summed E-state index contributed by atoms with van der Waals surface area (Å²) in [6, 6.07) is 14.8. The number of halogens is 2. The van der Waals surface area contributed by atoms with E-state index in [2.05, 4.69) is 21.0 Å². The zero-order valence-electron chi connectivity index (χ0n) is 15.0. The molecule has 1 aromatic heterocycles. The zero-order chi connectivity index (χ0) is 19.4. The summed E-state index contributed by atoms with van der Waals surface area (Å²) in [6.45, 7) is 0.839. The second kappa shape index (κ2) is 8.59. The maximum absolute atomic E-state index is 12.6. The van der Waals surface area contributed by atoms with Crippen molar-refractivity contribution in [3.05, 3.63) is 81.0 Å². The van der Waals surface area contributed by atoms with E-state index in [0.717, 1.165) is 15.7 Å². The van der Waals surface area contributed by atoms with Gasteiger partial charge in [0.1, 0.15) is 12.4 Å². The standard InChI is InChI=1S/C20H19BrClN3O2/c1-24(12-17-9-10-25(2)23-17)20(26)15-5-3-14(4-6-15)13-27-19-8-7-16(21)11-18(19)22/h3-11H,12-13H2,1-2H3. The molecule has 140 valence electrons. The Labute approximate surface area is 171 Å². The number of hydrogen-bond donors (Lipinski definition) is 0. The van der Waals surface area contributed by atoms with Gasteiger partial charge in [0.2, 0.25) is 0 Å². The molecule has 0 N–H and O–H groups in total. The molecule has 0 unspecified atom stereocenters. The van der Waals surface area contributed by atoms with E-state index in [1.807, 2.05) is 43.6 Å². The van der Waals surface area contributed by atoms with Gasteiger partial charge in [-0.2, -0.15) is 5.10 Å². The highest BCUT2D eigenvalue weighted by Gasteiger charge is 2.13. The van der Waals surface area contributed by atoms with Crippen LogP contribution in [0.15, 0.2) is 59.2 Å². The van der Waals surface area contributed by atoms with E-state index in [9.17, 15) is 4.79 Å². The molecule has 0 bridgehead atoms. The highest BCUT2D eigenvalue weighted by Crippen LogP contribution is 2.28. The highest BCUT2D eigenvalue weighted by molar-refractivity contribution is 9.10. The first-order valence-corrected chi connectivity index (χ1v) is 9.50. The van der Waals surface area contributed by atoms with E-state index in [0.29, 0.717) is 29.5 Å². The normalized spacial score (nSPS) is 10.7. The molecule has 2 aromatic carbocycles. The van der Waals surface area contributed by atoms with Crippen LogP contribution in [0.2, 0.25) is 5.02 Å². The third-order valence-electron chi connectivity index (χ3n) is 4.00. The van der Waals surface area contributed by atoms with Crippen molar-refractivity contribution in [1.82, 2.24) is 14.7 Å². The van der Waals surface area contributed by atoms with E-state index in [4.69, 9.17) is 16.3 Å². The predicted molar refractivity (Wildman–Crippen MR) is 109 cm³/mol.